The molecule has 0 unspecified atom stereocenters. The standard InChI is InChI=1S/C37H41FN4O4/c1-37(2,3)46-36(44)39-20-12-4-5-13-21-45-33-19-18-27(22-29(33)38)24-31-35(43)42-25-32(28-16-10-7-11-17-28)40-30(34(42)41-31)23-26-14-8-6-9-15-26/h6-11,14-19,22,25,43H,4-5,12-13,20-21,23-24H2,1-3H3,(H,39,44). The van der Waals surface area contributed by atoms with Crippen LogP contribution in [-0.2, 0) is 17.6 Å². The monoisotopic (exact) mass is 624 g/mol. The van der Waals surface area contributed by atoms with E-state index < -0.39 is 17.5 Å². The normalized spacial score (nSPS) is 11.5. The van der Waals surface area contributed by atoms with Crippen LogP contribution >= 0.6 is 0 Å². The highest BCUT2D eigenvalue weighted by molar-refractivity contribution is 5.67. The summed E-state index contributed by atoms with van der Waals surface area (Å²) in [6.07, 6.45) is 5.59. The molecule has 0 aliphatic rings. The highest BCUT2D eigenvalue weighted by Crippen LogP contribution is 2.29. The molecule has 0 aliphatic carbocycles. The van der Waals surface area contributed by atoms with Gasteiger partial charge in [0, 0.05) is 31.1 Å². The van der Waals surface area contributed by atoms with Gasteiger partial charge in [-0.05, 0) is 56.9 Å². The van der Waals surface area contributed by atoms with Gasteiger partial charge in [0.25, 0.3) is 0 Å². The number of amides is 1. The molecule has 0 fully saturated rings. The number of nitrogens with zero attached hydrogens (tertiary/aromatic N) is 3. The summed E-state index contributed by atoms with van der Waals surface area (Å²) in [6.45, 7) is 6.43. The number of hydrogen-bond donors (Lipinski definition) is 2. The predicted molar refractivity (Wildman–Crippen MR) is 177 cm³/mol. The van der Waals surface area contributed by atoms with Gasteiger partial charge in [-0.25, -0.2) is 19.2 Å². The van der Waals surface area contributed by atoms with Crippen LogP contribution in [0.25, 0.3) is 16.9 Å². The van der Waals surface area contributed by atoms with E-state index in [1.54, 1.807) is 22.7 Å². The number of alkyl carbamates (subject to hydrolysis) is 1. The molecule has 0 bridgehead atoms. The molecular formula is C37H41FN4O4. The van der Waals surface area contributed by atoms with E-state index in [-0.39, 0.29) is 18.1 Å². The second-order valence-corrected chi connectivity index (χ2v) is 12.3. The number of rotatable bonds is 13. The number of carbonyl (C=O) groups is 1. The number of imidazole rings is 1. The van der Waals surface area contributed by atoms with Crippen LogP contribution in [0.5, 0.6) is 11.6 Å². The predicted octanol–water partition coefficient (Wildman–Crippen LogP) is 7.89. The first-order chi connectivity index (χ1) is 22.2. The van der Waals surface area contributed by atoms with Crippen molar-refractivity contribution < 1.29 is 23.8 Å². The van der Waals surface area contributed by atoms with E-state index in [4.69, 9.17) is 19.4 Å². The Balaban J connectivity index is 1.20. The van der Waals surface area contributed by atoms with E-state index in [0.717, 1.165) is 48.2 Å². The Hall–Kier alpha value is -4.92. The van der Waals surface area contributed by atoms with Gasteiger partial charge in [0.1, 0.15) is 11.3 Å². The van der Waals surface area contributed by atoms with Crippen molar-refractivity contribution in [3.63, 3.8) is 0 Å². The van der Waals surface area contributed by atoms with Crippen LogP contribution in [0.1, 0.15) is 69.0 Å². The lowest BCUT2D eigenvalue weighted by atomic mass is 10.1. The third kappa shape index (κ3) is 8.84. The zero-order chi connectivity index (χ0) is 32.5. The van der Waals surface area contributed by atoms with Gasteiger partial charge in [-0.2, -0.15) is 0 Å². The smallest absolute Gasteiger partial charge is 0.407 e. The van der Waals surface area contributed by atoms with E-state index in [2.05, 4.69) is 5.32 Å². The van der Waals surface area contributed by atoms with Crippen LogP contribution in [0.3, 0.4) is 0 Å². The third-order valence-electron chi connectivity index (χ3n) is 7.37. The largest absolute Gasteiger partial charge is 0.493 e. The van der Waals surface area contributed by atoms with Gasteiger partial charge in [-0.3, -0.25) is 4.40 Å². The second kappa shape index (κ2) is 14.9. The van der Waals surface area contributed by atoms with Crippen molar-refractivity contribution in [2.45, 2.75) is 64.9 Å². The quantitative estimate of drug-likeness (QED) is 0.129. The van der Waals surface area contributed by atoms with Crippen LogP contribution in [0.15, 0.2) is 85.1 Å². The first kappa shape index (κ1) is 32.5. The van der Waals surface area contributed by atoms with Crippen molar-refractivity contribution in [2.24, 2.45) is 0 Å². The molecule has 5 aromatic rings. The van der Waals surface area contributed by atoms with E-state index in [1.165, 1.54) is 6.07 Å². The molecule has 9 heteroatoms. The zero-order valence-electron chi connectivity index (χ0n) is 26.6. The Morgan fingerprint density at radius 2 is 1.57 bits per heavy atom. The van der Waals surface area contributed by atoms with Crippen LogP contribution in [-0.4, -0.2) is 44.3 Å². The maximum atomic E-state index is 15.0. The summed E-state index contributed by atoms with van der Waals surface area (Å²) in [5, 5.41) is 14.0. The Morgan fingerprint density at radius 1 is 0.870 bits per heavy atom. The summed E-state index contributed by atoms with van der Waals surface area (Å²) in [4.78, 5) is 21.4. The van der Waals surface area contributed by atoms with Crippen LogP contribution in [0.2, 0.25) is 0 Å². The first-order valence-corrected chi connectivity index (χ1v) is 15.7. The molecule has 46 heavy (non-hydrogen) atoms. The van der Waals surface area contributed by atoms with Crippen LogP contribution in [0, 0.1) is 5.82 Å². The number of unbranched alkanes of at least 4 members (excludes halogenated alkanes) is 3. The van der Waals surface area contributed by atoms with E-state index in [1.807, 2.05) is 81.4 Å². The first-order valence-electron chi connectivity index (χ1n) is 15.7. The Kier molecular flexibility index (Phi) is 10.5. The molecule has 3 aromatic carbocycles. The number of hydrogen-bond acceptors (Lipinski definition) is 6. The van der Waals surface area contributed by atoms with Crippen molar-refractivity contribution in [1.82, 2.24) is 19.7 Å². The summed E-state index contributed by atoms with van der Waals surface area (Å²) in [5.41, 5.74) is 4.64. The Morgan fingerprint density at radius 3 is 2.28 bits per heavy atom. The molecule has 8 nitrogen and oxygen atoms in total. The lowest BCUT2D eigenvalue weighted by Crippen LogP contribution is -2.32. The minimum absolute atomic E-state index is 0.00548. The van der Waals surface area contributed by atoms with Gasteiger partial charge in [0.2, 0.25) is 5.88 Å². The average molecular weight is 625 g/mol. The highest BCUT2D eigenvalue weighted by atomic mass is 19.1. The van der Waals surface area contributed by atoms with Crippen LogP contribution in [0.4, 0.5) is 9.18 Å². The van der Waals surface area contributed by atoms with Gasteiger partial charge in [0.05, 0.1) is 18.0 Å². The lowest BCUT2D eigenvalue weighted by Gasteiger charge is -2.19. The van der Waals surface area contributed by atoms with Crippen molar-refractivity contribution in [3.05, 3.63) is 113 Å². The number of carbonyl (C=O) groups excluding carboxylic acids is 1. The summed E-state index contributed by atoms with van der Waals surface area (Å²) in [5.74, 6) is -0.262. The average Bonchev–Trinajstić information content (AvgIpc) is 3.34. The molecule has 2 heterocycles. The van der Waals surface area contributed by atoms with Gasteiger partial charge < -0.3 is 19.9 Å². The molecule has 5 rings (SSSR count). The maximum Gasteiger partial charge on any atom is 0.407 e. The van der Waals surface area contributed by atoms with Crippen molar-refractivity contribution in [2.75, 3.05) is 13.2 Å². The molecule has 0 saturated carbocycles. The summed E-state index contributed by atoms with van der Waals surface area (Å²) < 4.78 is 27.6. The van der Waals surface area contributed by atoms with Gasteiger partial charge in [-0.1, -0.05) is 79.6 Å². The number of halogens is 1. The SMILES string of the molecule is CC(C)(C)OC(=O)NCCCCCCOc1ccc(Cc2nc3c(Cc4ccccc4)nc(-c4ccccc4)cn3c2O)cc1F. The third-order valence-corrected chi connectivity index (χ3v) is 7.37. The van der Waals surface area contributed by atoms with Gasteiger partial charge in [0.15, 0.2) is 17.2 Å². The molecule has 2 N–H and O–H groups in total. The number of fused-ring (bicyclic) bond motifs is 1. The molecule has 0 spiro atoms. The number of benzene rings is 3. The molecule has 2 aromatic heterocycles. The number of ether oxygens (including phenoxy) is 2. The minimum atomic E-state index is -0.512. The van der Waals surface area contributed by atoms with E-state index >= 15 is 0 Å². The maximum absolute atomic E-state index is 15.0. The molecule has 240 valence electrons. The Bertz CT molecular complexity index is 1750. The summed E-state index contributed by atoms with van der Waals surface area (Å²) in [6, 6.07) is 24.7. The highest BCUT2D eigenvalue weighted by Gasteiger charge is 2.19. The lowest BCUT2D eigenvalue weighted by molar-refractivity contribution is 0.0527. The molecular weight excluding hydrogens is 583 g/mol. The topological polar surface area (TPSA) is 98.0 Å². The Labute approximate surface area is 269 Å². The van der Waals surface area contributed by atoms with E-state index in [9.17, 15) is 14.3 Å². The van der Waals surface area contributed by atoms with Crippen LogP contribution < -0.4 is 10.1 Å². The fourth-order valence-electron chi connectivity index (χ4n) is 5.15. The minimum Gasteiger partial charge on any atom is -0.493 e. The molecule has 0 atom stereocenters. The number of aromatic hydroxyl groups is 1. The number of nitrogens with one attached hydrogen (secondary N) is 1. The summed E-state index contributed by atoms with van der Waals surface area (Å²) >= 11 is 0. The van der Waals surface area contributed by atoms with Gasteiger partial charge in [-0.15, -0.1) is 0 Å². The molecule has 0 saturated heterocycles. The van der Waals surface area contributed by atoms with Crippen molar-refractivity contribution >= 4 is 11.7 Å². The fourth-order valence-corrected chi connectivity index (χ4v) is 5.15. The fraction of sp³-hybridized carbons (Fsp3) is 0.324. The molecule has 0 radical (unpaired) electrons. The van der Waals surface area contributed by atoms with Crippen molar-refractivity contribution in [3.8, 4) is 22.9 Å². The molecule has 0 aliphatic heterocycles. The van der Waals surface area contributed by atoms with Gasteiger partial charge >= 0.3 is 6.09 Å². The van der Waals surface area contributed by atoms with E-state index in [0.29, 0.717) is 36.5 Å². The number of aromatic nitrogens is 3. The van der Waals surface area contributed by atoms with Crippen molar-refractivity contribution in [1.29, 1.82) is 0 Å². The summed E-state index contributed by atoms with van der Waals surface area (Å²) in [7, 11) is 0. The zero-order valence-corrected chi connectivity index (χ0v) is 26.6. The second-order valence-electron chi connectivity index (χ2n) is 12.3. The molecule has 1 amide bonds.